The fourth-order valence-electron chi connectivity index (χ4n) is 2.87. The summed E-state index contributed by atoms with van der Waals surface area (Å²) in [6, 6.07) is 6.55. The number of urea groups is 1. The Hall–Kier alpha value is -2.25. The Kier molecular flexibility index (Phi) is 7.94. The maximum Gasteiger partial charge on any atom is 0.338 e. The molecule has 1 aliphatic heterocycles. The number of hydrogen-bond donors (Lipinski definition) is 3. The fraction of sp³-hybridized carbons (Fsp3) is 0.474. The van der Waals surface area contributed by atoms with Gasteiger partial charge in [0, 0.05) is 5.02 Å². The molecule has 2 amide bonds. The van der Waals surface area contributed by atoms with E-state index in [2.05, 4.69) is 10.6 Å². The lowest BCUT2D eigenvalue weighted by Crippen LogP contribution is -3.10. The minimum absolute atomic E-state index is 0.289. The molecule has 0 bridgehead atoms. The molecule has 1 aromatic rings. The van der Waals surface area contributed by atoms with Gasteiger partial charge in [-0.25, -0.2) is 9.59 Å². The molecule has 0 aromatic heterocycles. The number of ether oxygens (including phenoxy) is 2. The molecule has 0 fully saturated rings. The first-order chi connectivity index (χ1) is 12.9. The van der Waals surface area contributed by atoms with Crippen molar-refractivity contribution in [3.05, 3.63) is 40.6 Å². The highest BCUT2D eigenvalue weighted by Crippen LogP contribution is 2.16. The number of esters is 1. The average Bonchev–Trinajstić information content (AvgIpc) is 2.63. The van der Waals surface area contributed by atoms with Crippen molar-refractivity contribution in [1.29, 1.82) is 0 Å². The number of carbonyl (C=O) groups excluding carboxylic acids is 2. The molecule has 0 saturated carbocycles. The summed E-state index contributed by atoms with van der Waals surface area (Å²) < 4.78 is 10.9. The maximum absolute atomic E-state index is 12.4. The van der Waals surface area contributed by atoms with Gasteiger partial charge < -0.3 is 25.0 Å². The normalized spacial score (nSPS) is 17.8. The van der Waals surface area contributed by atoms with Crippen LogP contribution < -0.4 is 20.3 Å². The standard InChI is InChI=1S/C19H26ClN3O4/c1-4-15-17(18(24)26-5-2)16(22-19(25)21-15)12-23(3)10-11-27-14-8-6-13(20)7-9-14/h6-9,15H,4-5,10-12H2,1-3H3,(H2,21,22,25)/p+1/t15-/m1/s1. The average molecular weight is 397 g/mol. The summed E-state index contributed by atoms with van der Waals surface area (Å²) in [7, 11) is 1.98. The number of amides is 2. The van der Waals surface area contributed by atoms with Crippen molar-refractivity contribution >= 4 is 23.6 Å². The third-order valence-corrected chi connectivity index (χ3v) is 4.49. The Bertz CT molecular complexity index is 691. The quantitative estimate of drug-likeness (QED) is 0.547. The van der Waals surface area contributed by atoms with Crippen molar-refractivity contribution in [3.8, 4) is 5.75 Å². The smallest absolute Gasteiger partial charge is 0.338 e. The number of rotatable bonds is 9. The number of halogens is 1. The lowest BCUT2D eigenvalue weighted by molar-refractivity contribution is -0.874. The first kappa shape index (κ1) is 21.1. The Morgan fingerprint density at radius 2 is 1.96 bits per heavy atom. The van der Waals surface area contributed by atoms with E-state index in [9.17, 15) is 9.59 Å². The van der Waals surface area contributed by atoms with Crippen LogP contribution >= 0.6 is 11.6 Å². The molecular formula is C19H27ClN3O4+. The number of nitrogens with one attached hydrogen (secondary N) is 3. The van der Waals surface area contributed by atoms with E-state index in [1.807, 2.05) is 26.1 Å². The highest BCUT2D eigenvalue weighted by atomic mass is 35.5. The minimum atomic E-state index is -0.392. The van der Waals surface area contributed by atoms with Gasteiger partial charge in [-0.3, -0.25) is 0 Å². The zero-order valence-electron chi connectivity index (χ0n) is 15.9. The highest BCUT2D eigenvalue weighted by molar-refractivity contribution is 6.30. The Labute approximate surface area is 164 Å². The number of carbonyl (C=O) groups is 2. The molecule has 2 atom stereocenters. The molecule has 1 aliphatic rings. The molecule has 1 unspecified atom stereocenters. The van der Waals surface area contributed by atoms with Crippen molar-refractivity contribution < 1.29 is 24.0 Å². The van der Waals surface area contributed by atoms with Crippen LogP contribution in [0.4, 0.5) is 4.79 Å². The van der Waals surface area contributed by atoms with E-state index >= 15 is 0 Å². The summed E-state index contributed by atoms with van der Waals surface area (Å²) >= 11 is 5.86. The first-order valence-corrected chi connectivity index (χ1v) is 9.49. The molecule has 2 rings (SSSR count). The van der Waals surface area contributed by atoms with Crippen molar-refractivity contribution in [2.24, 2.45) is 0 Å². The molecule has 0 radical (unpaired) electrons. The van der Waals surface area contributed by atoms with Gasteiger partial charge in [0.1, 0.15) is 25.4 Å². The van der Waals surface area contributed by atoms with Crippen LogP contribution in [0.15, 0.2) is 35.5 Å². The van der Waals surface area contributed by atoms with E-state index in [1.165, 1.54) is 0 Å². The van der Waals surface area contributed by atoms with Gasteiger partial charge in [-0.05, 0) is 37.6 Å². The van der Waals surface area contributed by atoms with Crippen molar-refractivity contribution in [2.45, 2.75) is 26.3 Å². The number of hydrogen-bond acceptors (Lipinski definition) is 4. The second kappa shape index (κ2) is 10.2. The molecule has 0 aliphatic carbocycles. The second-order valence-corrected chi connectivity index (χ2v) is 6.79. The molecule has 0 saturated heterocycles. The zero-order chi connectivity index (χ0) is 19.8. The van der Waals surface area contributed by atoms with E-state index in [-0.39, 0.29) is 18.7 Å². The topological polar surface area (TPSA) is 81.1 Å². The predicted octanol–water partition coefficient (Wildman–Crippen LogP) is 1.14. The molecular weight excluding hydrogens is 370 g/mol. The second-order valence-electron chi connectivity index (χ2n) is 6.36. The van der Waals surface area contributed by atoms with Crippen LogP contribution in [0.2, 0.25) is 5.02 Å². The van der Waals surface area contributed by atoms with Crippen LogP contribution in [0.1, 0.15) is 20.3 Å². The van der Waals surface area contributed by atoms with E-state index in [4.69, 9.17) is 21.1 Å². The van der Waals surface area contributed by atoms with Crippen LogP contribution in [0.3, 0.4) is 0 Å². The molecule has 1 aromatic carbocycles. The van der Waals surface area contributed by atoms with Gasteiger partial charge in [0.15, 0.2) is 0 Å². The summed E-state index contributed by atoms with van der Waals surface area (Å²) in [5.74, 6) is 0.358. The summed E-state index contributed by atoms with van der Waals surface area (Å²) in [6.07, 6.45) is 0.615. The zero-order valence-corrected chi connectivity index (χ0v) is 16.7. The van der Waals surface area contributed by atoms with Gasteiger partial charge in [0.2, 0.25) is 0 Å². The number of likely N-dealkylation sites (N-methyl/N-ethyl adjacent to an activating group) is 1. The van der Waals surface area contributed by atoms with Gasteiger partial charge in [-0.2, -0.15) is 0 Å². The van der Waals surface area contributed by atoms with Gasteiger partial charge >= 0.3 is 12.0 Å². The molecule has 0 spiro atoms. The lowest BCUT2D eigenvalue weighted by atomic mass is 10.00. The third kappa shape index (κ3) is 6.15. The third-order valence-electron chi connectivity index (χ3n) is 4.24. The van der Waals surface area contributed by atoms with Crippen molar-refractivity contribution in [1.82, 2.24) is 10.6 Å². The Morgan fingerprint density at radius 1 is 1.26 bits per heavy atom. The van der Waals surface area contributed by atoms with E-state index < -0.39 is 5.97 Å². The largest absolute Gasteiger partial charge is 0.488 e. The van der Waals surface area contributed by atoms with Crippen LogP contribution in [-0.2, 0) is 9.53 Å². The van der Waals surface area contributed by atoms with Crippen molar-refractivity contribution in [2.75, 3.05) is 33.4 Å². The minimum Gasteiger partial charge on any atom is -0.488 e. The summed E-state index contributed by atoms with van der Waals surface area (Å²) in [5, 5.41) is 6.20. The van der Waals surface area contributed by atoms with Gasteiger partial charge in [-0.15, -0.1) is 0 Å². The molecule has 3 N–H and O–H groups in total. The Balaban J connectivity index is 2.00. The molecule has 148 valence electrons. The van der Waals surface area contributed by atoms with E-state index in [1.54, 1.807) is 19.1 Å². The van der Waals surface area contributed by atoms with Crippen LogP contribution in [0.5, 0.6) is 5.75 Å². The summed E-state index contributed by atoms with van der Waals surface area (Å²) in [4.78, 5) is 25.4. The SMILES string of the molecule is CCOC(=O)C1=C(C[NH+](C)CCOc2ccc(Cl)cc2)NC(=O)N[C@@H]1CC. The van der Waals surface area contributed by atoms with E-state index in [0.29, 0.717) is 42.4 Å². The first-order valence-electron chi connectivity index (χ1n) is 9.11. The van der Waals surface area contributed by atoms with Crippen LogP contribution in [0, 0.1) is 0 Å². The lowest BCUT2D eigenvalue weighted by Gasteiger charge is -2.29. The summed E-state index contributed by atoms with van der Waals surface area (Å²) in [5.41, 5.74) is 1.10. The number of quaternary nitrogens is 1. The summed E-state index contributed by atoms with van der Waals surface area (Å²) in [6.45, 7) is 5.66. The fourth-order valence-corrected chi connectivity index (χ4v) is 2.99. The molecule has 8 heteroatoms. The highest BCUT2D eigenvalue weighted by Gasteiger charge is 2.32. The van der Waals surface area contributed by atoms with E-state index in [0.717, 1.165) is 10.6 Å². The maximum atomic E-state index is 12.4. The predicted molar refractivity (Wildman–Crippen MR) is 103 cm³/mol. The van der Waals surface area contributed by atoms with Crippen LogP contribution in [-0.4, -0.2) is 51.4 Å². The van der Waals surface area contributed by atoms with Gasteiger partial charge in [0.25, 0.3) is 0 Å². The molecule has 27 heavy (non-hydrogen) atoms. The molecule has 7 nitrogen and oxygen atoms in total. The van der Waals surface area contributed by atoms with Gasteiger partial charge in [-0.1, -0.05) is 18.5 Å². The monoisotopic (exact) mass is 396 g/mol. The van der Waals surface area contributed by atoms with Crippen molar-refractivity contribution in [3.63, 3.8) is 0 Å². The molecule has 1 heterocycles. The van der Waals surface area contributed by atoms with Gasteiger partial charge in [0.05, 0.1) is 31.0 Å². The number of benzene rings is 1. The Morgan fingerprint density at radius 3 is 2.59 bits per heavy atom. The van der Waals surface area contributed by atoms with Crippen LogP contribution in [0.25, 0.3) is 0 Å².